The Hall–Kier alpha value is -1.98. The first-order chi connectivity index (χ1) is 10.1. The number of hydrogen-bond donors (Lipinski definition) is 1. The summed E-state index contributed by atoms with van der Waals surface area (Å²) in [5.41, 5.74) is 1.47. The molecule has 1 amide bonds. The summed E-state index contributed by atoms with van der Waals surface area (Å²) in [6, 6.07) is 5.15. The van der Waals surface area contributed by atoms with Crippen LogP contribution in [0.1, 0.15) is 5.56 Å². The molecule has 0 bridgehead atoms. The number of halogens is 1. The maximum absolute atomic E-state index is 11.9. The predicted octanol–water partition coefficient (Wildman–Crippen LogP) is 4.07. The van der Waals surface area contributed by atoms with Crippen molar-refractivity contribution in [2.75, 3.05) is 19.5 Å². The molecule has 1 heterocycles. The molecule has 4 nitrogen and oxygen atoms in total. The molecule has 2 aromatic rings. The van der Waals surface area contributed by atoms with Crippen molar-refractivity contribution in [2.45, 2.75) is 0 Å². The summed E-state index contributed by atoms with van der Waals surface area (Å²) in [4.78, 5) is 11.9. The Bertz CT molecular complexity index is 653. The Morgan fingerprint density at radius 2 is 2.05 bits per heavy atom. The summed E-state index contributed by atoms with van der Waals surface area (Å²) in [5, 5.41) is 7.03. The third kappa shape index (κ3) is 4.00. The van der Waals surface area contributed by atoms with E-state index in [0.717, 1.165) is 5.56 Å². The van der Waals surface area contributed by atoms with Crippen LogP contribution in [0.25, 0.3) is 6.08 Å². The lowest BCUT2D eigenvalue weighted by molar-refractivity contribution is -0.111. The zero-order chi connectivity index (χ0) is 15.2. The molecule has 21 heavy (non-hydrogen) atoms. The molecular weight excluding hydrogens is 310 g/mol. The van der Waals surface area contributed by atoms with Gasteiger partial charge in [-0.25, -0.2) is 0 Å². The van der Waals surface area contributed by atoms with Gasteiger partial charge in [0.25, 0.3) is 0 Å². The van der Waals surface area contributed by atoms with E-state index in [0.29, 0.717) is 22.2 Å². The zero-order valence-corrected chi connectivity index (χ0v) is 13.1. The molecule has 110 valence electrons. The summed E-state index contributed by atoms with van der Waals surface area (Å²) in [7, 11) is 3.03. The molecule has 2 rings (SSSR count). The third-order valence-electron chi connectivity index (χ3n) is 2.70. The van der Waals surface area contributed by atoms with Crippen LogP contribution in [-0.2, 0) is 4.79 Å². The molecule has 1 N–H and O–H groups in total. The van der Waals surface area contributed by atoms with E-state index in [9.17, 15) is 4.79 Å². The van der Waals surface area contributed by atoms with Crippen molar-refractivity contribution in [2.24, 2.45) is 0 Å². The first kappa shape index (κ1) is 15.4. The number of nitrogens with one attached hydrogen (secondary N) is 1. The number of anilines is 1. The Morgan fingerprint density at radius 1 is 1.29 bits per heavy atom. The predicted molar refractivity (Wildman–Crippen MR) is 86.5 cm³/mol. The molecule has 0 atom stereocenters. The van der Waals surface area contributed by atoms with Gasteiger partial charge in [0.05, 0.1) is 24.9 Å². The quantitative estimate of drug-likeness (QED) is 0.844. The van der Waals surface area contributed by atoms with Crippen molar-refractivity contribution in [1.29, 1.82) is 0 Å². The molecule has 0 aliphatic heterocycles. The average molecular weight is 324 g/mol. The van der Waals surface area contributed by atoms with Gasteiger partial charge in [-0.05, 0) is 34.5 Å². The molecule has 0 aliphatic rings. The summed E-state index contributed by atoms with van der Waals surface area (Å²) in [6.07, 6.45) is 3.20. The molecule has 0 saturated carbocycles. The highest BCUT2D eigenvalue weighted by atomic mass is 35.5. The van der Waals surface area contributed by atoms with Crippen LogP contribution in [0.15, 0.2) is 35.0 Å². The fraction of sp³-hybridized carbons (Fsp3) is 0.133. The lowest BCUT2D eigenvalue weighted by Crippen LogP contribution is -2.09. The normalized spacial score (nSPS) is 10.6. The van der Waals surface area contributed by atoms with Gasteiger partial charge < -0.3 is 14.8 Å². The number of rotatable bonds is 5. The van der Waals surface area contributed by atoms with Gasteiger partial charge in [-0.1, -0.05) is 11.6 Å². The molecule has 0 saturated heterocycles. The molecule has 0 spiro atoms. The highest BCUT2D eigenvalue weighted by Gasteiger charge is 2.11. The minimum absolute atomic E-state index is 0.263. The van der Waals surface area contributed by atoms with Crippen molar-refractivity contribution >= 4 is 40.6 Å². The van der Waals surface area contributed by atoms with Gasteiger partial charge in [0, 0.05) is 12.1 Å². The second-order valence-corrected chi connectivity index (χ2v) is 5.25. The minimum Gasteiger partial charge on any atom is -0.495 e. The summed E-state index contributed by atoms with van der Waals surface area (Å²) >= 11 is 7.62. The number of thiophene rings is 1. The standard InChI is InChI=1S/C15H14ClNO3S/c1-19-13-8-14(20-2)12(7-11(13)16)17-15(18)4-3-10-5-6-21-9-10/h3-9H,1-2H3,(H,17,18)/b4-3+. The second-order valence-electron chi connectivity index (χ2n) is 4.07. The Labute approximate surface area is 132 Å². The van der Waals surface area contributed by atoms with E-state index in [1.54, 1.807) is 29.5 Å². The van der Waals surface area contributed by atoms with E-state index in [2.05, 4.69) is 5.32 Å². The van der Waals surface area contributed by atoms with Crippen LogP contribution in [0.5, 0.6) is 11.5 Å². The molecule has 1 aromatic carbocycles. The lowest BCUT2D eigenvalue weighted by Gasteiger charge is -2.12. The van der Waals surface area contributed by atoms with Gasteiger partial charge in [-0.15, -0.1) is 0 Å². The Kier molecular flexibility index (Phi) is 5.25. The topological polar surface area (TPSA) is 47.6 Å². The van der Waals surface area contributed by atoms with E-state index in [1.807, 2.05) is 16.8 Å². The maximum Gasteiger partial charge on any atom is 0.248 e. The number of ether oxygens (including phenoxy) is 2. The van der Waals surface area contributed by atoms with Crippen molar-refractivity contribution in [3.8, 4) is 11.5 Å². The summed E-state index contributed by atoms with van der Waals surface area (Å²) in [6.45, 7) is 0. The summed E-state index contributed by atoms with van der Waals surface area (Å²) in [5.74, 6) is 0.703. The highest BCUT2D eigenvalue weighted by Crippen LogP contribution is 2.35. The molecule has 0 radical (unpaired) electrons. The van der Waals surface area contributed by atoms with Crippen LogP contribution >= 0.6 is 22.9 Å². The first-order valence-corrected chi connectivity index (χ1v) is 7.39. The van der Waals surface area contributed by atoms with Crippen LogP contribution in [0, 0.1) is 0 Å². The fourth-order valence-corrected chi connectivity index (χ4v) is 2.54. The van der Waals surface area contributed by atoms with Gasteiger partial charge in [0.15, 0.2) is 0 Å². The molecule has 0 aliphatic carbocycles. The number of carbonyl (C=O) groups excluding carboxylic acids is 1. The van der Waals surface area contributed by atoms with Crippen LogP contribution in [0.4, 0.5) is 5.69 Å². The smallest absolute Gasteiger partial charge is 0.248 e. The third-order valence-corrected chi connectivity index (χ3v) is 3.70. The largest absolute Gasteiger partial charge is 0.495 e. The molecule has 0 fully saturated rings. The number of amides is 1. The van der Waals surface area contributed by atoms with Crippen molar-refractivity contribution < 1.29 is 14.3 Å². The molecule has 0 unspecified atom stereocenters. The second kappa shape index (κ2) is 7.15. The van der Waals surface area contributed by atoms with E-state index >= 15 is 0 Å². The Balaban J connectivity index is 2.15. The zero-order valence-electron chi connectivity index (χ0n) is 11.6. The van der Waals surface area contributed by atoms with Gasteiger partial charge in [0.1, 0.15) is 11.5 Å². The van der Waals surface area contributed by atoms with E-state index < -0.39 is 0 Å². The number of methoxy groups -OCH3 is 2. The first-order valence-electron chi connectivity index (χ1n) is 6.07. The number of carbonyl (C=O) groups is 1. The van der Waals surface area contributed by atoms with Gasteiger partial charge in [-0.3, -0.25) is 4.79 Å². The molecule has 1 aromatic heterocycles. The van der Waals surface area contributed by atoms with Crippen LogP contribution in [0.2, 0.25) is 5.02 Å². The molecular formula is C15H14ClNO3S. The molecule has 6 heteroatoms. The van der Waals surface area contributed by atoms with E-state index in [1.165, 1.54) is 20.3 Å². The Morgan fingerprint density at radius 3 is 2.67 bits per heavy atom. The summed E-state index contributed by atoms with van der Waals surface area (Å²) < 4.78 is 10.3. The number of hydrogen-bond acceptors (Lipinski definition) is 4. The number of benzene rings is 1. The average Bonchev–Trinajstić information content (AvgIpc) is 2.99. The van der Waals surface area contributed by atoms with Crippen molar-refractivity contribution in [3.63, 3.8) is 0 Å². The SMILES string of the molecule is COc1cc(OC)c(NC(=O)/C=C/c2ccsc2)cc1Cl. The van der Waals surface area contributed by atoms with Crippen molar-refractivity contribution in [1.82, 2.24) is 0 Å². The maximum atomic E-state index is 11.9. The van der Waals surface area contributed by atoms with Gasteiger partial charge in [-0.2, -0.15) is 11.3 Å². The monoisotopic (exact) mass is 323 g/mol. The van der Waals surface area contributed by atoms with E-state index in [-0.39, 0.29) is 5.91 Å². The highest BCUT2D eigenvalue weighted by molar-refractivity contribution is 7.08. The van der Waals surface area contributed by atoms with Gasteiger partial charge in [0.2, 0.25) is 5.91 Å². The van der Waals surface area contributed by atoms with Gasteiger partial charge >= 0.3 is 0 Å². The lowest BCUT2D eigenvalue weighted by atomic mass is 10.2. The van der Waals surface area contributed by atoms with Crippen LogP contribution in [-0.4, -0.2) is 20.1 Å². The minimum atomic E-state index is -0.263. The fourth-order valence-electron chi connectivity index (χ4n) is 1.67. The van der Waals surface area contributed by atoms with Crippen molar-refractivity contribution in [3.05, 3.63) is 45.6 Å². The van der Waals surface area contributed by atoms with Crippen LogP contribution in [0.3, 0.4) is 0 Å². The van der Waals surface area contributed by atoms with Crippen LogP contribution < -0.4 is 14.8 Å². The van der Waals surface area contributed by atoms with E-state index in [4.69, 9.17) is 21.1 Å².